The van der Waals surface area contributed by atoms with Gasteiger partial charge in [-0.2, -0.15) is 15.4 Å². The second-order valence-electron chi connectivity index (χ2n) is 5.69. The van der Waals surface area contributed by atoms with E-state index in [4.69, 9.17) is 14.2 Å². The van der Waals surface area contributed by atoms with E-state index in [2.05, 4.69) is 20.4 Å². The first kappa shape index (κ1) is 18.1. The van der Waals surface area contributed by atoms with E-state index in [1.165, 1.54) is 32.7 Å². The van der Waals surface area contributed by atoms with E-state index in [0.29, 0.717) is 49.4 Å². The minimum Gasteiger partial charge on any atom is -0.493 e. The van der Waals surface area contributed by atoms with Crippen LogP contribution >= 0.6 is 11.3 Å². The molecule has 0 saturated carbocycles. The molecule has 1 N–H and O–H groups in total. The molecule has 0 unspecified atom stereocenters. The van der Waals surface area contributed by atoms with Crippen LogP contribution in [0, 0.1) is 11.6 Å². The van der Waals surface area contributed by atoms with E-state index in [9.17, 15) is 8.78 Å². The van der Waals surface area contributed by atoms with Gasteiger partial charge in [0.05, 0.1) is 31.5 Å². The van der Waals surface area contributed by atoms with Crippen molar-refractivity contribution in [2.24, 2.45) is 0 Å². The number of rotatable bonds is 5. The predicted molar refractivity (Wildman–Crippen MR) is 100 cm³/mol. The van der Waals surface area contributed by atoms with Gasteiger partial charge in [-0.25, -0.2) is 13.8 Å². The molecule has 144 valence electrons. The van der Waals surface area contributed by atoms with Gasteiger partial charge in [-0.1, -0.05) is 0 Å². The van der Waals surface area contributed by atoms with Crippen molar-refractivity contribution in [3.63, 3.8) is 0 Å². The molecule has 2 aromatic heterocycles. The Labute approximate surface area is 161 Å². The summed E-state index contributed by atoms with van der Waals surface area (Å²) in [5.41, 5.74) is 1.92. The number of aromatic nitrogens is 4. The minimum absolute atomic E-state index is 0.345. The SMILES string of the molecule is COc1cc(-c2n[nH]nc2-c2nc3cc(F)c(F)cc3s2)cc(OC)c1OC. The Morgan fingerprint density at radius 2 is 1.50 bits per heavy atom. The van der Waals surface area contributed by atoms with Crippen molar-refractivity contribution in [1.82, 2.24) is 20.4 Å². The number of methoxy groups -OCH3 is 3. The number of H-pyrrole nitrogens is 1. The molecule has 0 amide bonds. The van der Waals surface area contributed by atoms with Crippen molar-refractivity contribution in [2.75, 3.05) is 21.3 Å². The summed E-state index contributed by atoms with van der Waals surface area (Å²) in [4.78, 5) is 4.36. The number of nitrogens with zero attached hydrogens (tertiary/aromatic N) is 3. The number of benzene rings is 2. The molecule has 0 bridgehead atoms. The molecule has 28 heavy (non-hydrogen) atoms. The summed E-state index contributed by atoms with van der Waals surface area (Å²) in [5, 5.41) is 11.4. The van der Waals surface area contributed by atoms with Crippen LogP contribution in [0.25, 0.3) is 32.2 Å². The molecule has 0 fully saturated rings. The number of hydrogen-bond donors (Lipinski definition) is 1. The maximum atomic E-state index is 13.5. The van der Waals surface area contributed by atoms with Crippen molar-refractivity contribution in [2.45, 2.75) is 0 Å². The molecule has 10 heteroatoms. The quantitative estimate of drug-likeness (QED) is 0.540. The molecule has 2 heterocycles. The van der Waals surface area contributed by atoms with Crippen molar-refractivity contribution in [3.05, 3.63) is 35.9 Å². The van der Waals surface area contributed by atoms with E-state index in [1.54, 1.807) is 12.1 Å². The topological polar surface area (TPSA) is 82.2 Å². The van der Waals surface area contributed by atoms with Gasteiger partial charge in [0.25, 0.3) is 0 Å². The highest BCUT2D eigenvalue weighted by atomic mass is 32.1. The first-order valence-electron chi connectivity index (χ1n) is 8.02. The molecule has 2 aromatic carbocycles. The number of halogens is 2. The van der Waals surface area contributed by atoms with Crippen LogP contribution in [-0.2, 0) is 0 Å². The summed E-state index contributed by atoms with van der Waals surface area (Å²) in [6, 6.07) is 5.64. The molecule has 7 nitrogen and oxygen atoms in total. The lowest BCUT2D eigenvalue weighted by atomic mass is 10.1. The number of ether oxygens (including phenoxy) is 3. The fourth-order valence-electron chi connectivity index (χ4n) is 2.82. The maximum absolute atomic E-state index is 13.5. The second-order valence-corrected chi connectivity index (χ2v) is 6.72. The van der Waals surface area contributed by atoms with E-state index >= 15 is 0 Å². The third kappa shape index (κ3) is 2.91. The Morgan fingerprint density at radius 3 is 2.14 bits per heavy atom. The average Bonchev–Trinajstić information content (AvgIpc) is 3.33. The average molecular weight is 404 g/mol. The van der Waals surface area contributed by atoms with Crippen LogP contribution in [0.2, 0.25) is 0 Å². The van der Waals surface area contributed by atoms with E-state index < -0.39 is 11.6 Å². The molecular weight excluding hydrogens is 390 g/mol. The lowest BCUT2D eigenvalue weighted by Gasteiger charge is -2.13. The number of aromatic amines is 1. The molecular formula is C18H14F2N4O3S. The van der Waals surface area contributed by atoms with Gasteiger partial charge in [0.2, 0.25) is 5.75 Å². The number of thiazole rings is 1. The largest absolute Gasteiger partial charge is 0.493 e. The zero-order valence-corrected chi connectivity index (χ0v) is 15.9. The second kappa shape index (κ2) is 7.04. The first-order chi connectivity index (χ1) is 13.5. The van der Waals surface area contributed by atoms with Gasteiger partial charge in [-0.05, 0) is 18.2 Å². The van der Waals surface area contributed by atoms with Gasteiger partial charge in [-0.15, -0.1) is 11.3 Å². The summed E-state index contributed by atoms with van der Waals surface area (Å²) in [6.45, 7) is 0. The Bertz CT molecular complexity index is 1110. The third-order valence-electron chi connectivity index (χ3n) is 4.12. The lowest BCUT2D eigenvalue weighted by Crippen LogP contribution is -1.96. The van der Waals surface area contributed by atoms with Gasteiger partial charge in [0, 0.05) is 11.6 Å². The summed E-state index contributed by atoms with van der Waals surface area (Å²) in [6.07, 6.45) is 0. The maximum Gasteiger partial charge on any atom is 0.203 e. The van der Waals surface area contributed by atoms with Crippen LogP contribution in [0.3, 0.4) is 0 Å². The zero-order valence-electron chi connectivity index (χ0n) is 15.0. The molecule has 0 saturated heterocycles. The fourth-order valence-corrected chi connectivity index (χ4v) is 3.79. The summed E-state index contributed by atoms with van der Waals surface area (Å²) in [5.74, 6) is -0.509. The molecule has 0 spiro atoms. The monoisotopic (exact) mass is 404 g/mol. The van der Waals surface area contributed by atoms with Gasteiger partial charge in [-0.3, -0.25) is 0 Å². The van der Waals surface area contributed by atoms with Crippen molar-refractivity contribution < 1.29 is 23.0 Å². The summed E-state index contributed by atoms with van der Waals surface area (Å²) < 4.78 is 43.6. The smallest absolute Gasteiger partial charge is 0.203 e. The highest BCUT2D eigenvalue weighted by Crippen LogP contribution is 2.43. The van der Waals surface area contributed by atoms with Crippen LogP contribution in [0.15, 0.2) is 24.3 Å². The van der Waals surface area contributed by atoms with Crippen LogP contribution in [0.4, 0.5) is 8.78 Å². The normalized spacial score (nSPS) is 11.0. The van der Waals surface area contributed by atoms with Crippen LogP contribution in [-0.4, -0.2) is 41.7 Å². The van der Waals surface area contributed by atoms with E-state index in [0.717, 1.165) is 12.1 Å². The minimum atomic E-state index is -0.950. The zero-order chi connectivity index (χ0) is 19.8. The van der Waals surface area contributed by atoms with E-state index in [1.807, 2.05) is 0 Å². The number of fused-ring (bicyclic) bond motifs is 1. The summed E-state index contributed by atoms with van der Waals surface area (Å²) in [7, 11) is 4.55. The molecule has 0 aliphatic rings. The van der Waals surface area contributed by atoms with Gasteiger partial charge < -0.3 is 14.2 Å². The van der Waals surface area contributed by atoms with Gasteiger partial charge in [0.15, 0.2) is 23.1 Å². The van der Waals surface area contributed by atoms with E-state index in [-0.39, 0.29) is 0 Å². The molecule has 0 aliphatic carbocycles. The fraction of sp³-hybridized carbons (Fsp3) is 0.167. The molecule has 4 aromatic rings. The third-order valence-corrected chi connectivity index (χ3v) is 5.14. The standard InChI is InChI=1S/C18H14F2N4O3S/c1-25-12-4-8(5-13(26-2)17(12)27-3)15-16(23-24-22-15)18-21-11-6-9(19)10(20)7-14(11)28-18/h4-7H,1-3H3,(H,22,23,24). The lowest BCUT2D eigenvalue weighted by molar-refractivity contribution is 0.324. The molecule has 4 rings (SSSR count). The van der Waals surface area contributed by atoms with Gasteiger partial charge >= 0.3 is 0 Å². The molecule has 0 radical (unpaired) electrons. The van der Waals surface area contributed by atoms with Crippen molar-refractivity contribution in [1.29, 1.82) is 0 Å². The van der Waals surface area contributed by atoms with Crippen LogP contribution in [0.1, 0.15) is 0 Å². The van der Waals surface area contributed by atoms with Crippen molar-refractivity contribution >= 4 is 21.6 Å². The Kier molecular flexibility index (Phi) is 4.55. The Balaban J connectivity index is 1.86. The number of nitrogens with one attached hydrogen (secondary N) is 1. The van der Waals surface area contributed by atoms with Crippen LogP contribution < -0.4 is 14.2 Å². The number of hydrogen-bond acceptors (Lipinski definition) is 7. The predicted octanol–water partition coefficient (Wildman–Crippen LogP) is 4.05. The van der Waals surface area contributed by atoms with Crippen LogP contribution in [0.5, 0.6) is 17.2 Å². The molecule has 0 aliphatic heterocycles. The van der Waals surface area contributed by atoms with Gasteiger partial charge in [0.1, 0.15) is 16.4 Å². The Hall–Kier alpha value is -3.27. The highest BCUT2D eigenvalue weighted by Gasteiger charge is 2.21. The summed E-state index contributed by atoms with van der Waals surface area (Å²) >= 11 is 1.19. The first-order valence-corrected chi connectivity index (χ1v) is 8.84. The Morgan fingerprint density at radius 1 is 0.857 bits per heavy atom. The van der Waals surface area contributed by atoms with Crippen molar-refractivity contribution in [3.8, 4) is 39.2 Å². The highest BCUT2D eigenvalue weighted by molar-refractivity contribution is 7.21. The molecule has 0 atom stereocenters.